The van der Waals surface area contributed by atoms with Crippen LogP contribution in [0.25, 0.3) is 10.2 Å². The minimum atomic E-state index is -0.203. The molecule has 1 nitrogen and oxygen atoms in total. The lowest BCUT2D eigenvalue weighted by molar-refractivity contribution is -0.658. The zero-order valence-electron chi connectivity index (χ0n) is 9.44. The van der Waals surface area contributed by atoms with Crippen molar-refractivity contribution in [2.45, 2.75) is 6.54 Å². The number of fused-ring (bicyclic) bond motifs is 1. The summed E-state index contributed by atoms with van der Waals surface area (Å²) in [6.07, 6.45) is 0. The van der Waals surface area contributed by atoms with Crippen molar-refractivity contribution in [1.82, 2.24) is 0 Å². The van der Waals surface area contributed by atoms with E-state index in [1.807, 2.05) is 30.3 Å². The second-order valence-electron chi connectivity index (χ2n) is 4.09. The lowest BCUT2D eigenvalue weighted by Crippen LogP contribution is -2.31. The van der Waals surface area contributed by atoms with Gasteiger partial charge in [-0.15, -0.1) is 0 Å². The first-order valence-electron chi connectivity index (χ1n) is 5.53. The van der Waals surface area contributed by atoms with E-state index < -0.39 is 0 Å². The van der Waals surface area contributed by atoms with Crippen molar-refractivity contribution in [1.29, 1.82) is 0 Å². The Morgan fingerprint density at radius 3 is 2.67 bits per heavy atom. The van der Waals surface area contributed by atoms with Crippen LogP contribution in [0.3, 0.4) is 0 Å². The number of hydrogen-bond acceptors (Lipinski definition) is 1. The lowest BCUT2D eigenvalue weighted by Gasteiger charge is -1.96. The second kappa shape index (κ2) is 4.67. The molecule has 0 aliphatic carbocycles. The van der Waals surface area contributed by atoms with Crippen LogP contribution in [0.15, 0.2) is 48.0 Å². The summed E-state index contributed by atoms with van der Waals surface area (Å²) in [7, 11) is 0. The van der Waals surface area contributed by atoms with Gasteiger partial charge in [0.15, 0.2) is 6.54 Å². The van der Waals surface area contributed by atoms with E-state index in [4.69, 9.17) is 11.6 Å². The Kier molecular flexibility index (Phi) is 3.02. The Morgan fingerprint density at radius 1 is 1.11 bits per heavy atom. The maximum absolute atomic E-state index is 12.8. The summed E-state index contributed by atoms with van der Waals surface area (Å²) in [5, 5.41) is 0.748. The van der Waals surface area contributed by atoms with Gasteiger partial charge in [0.25, 0.3) is 0 Å². The van der Waals surface area contributed by atoms with Crippen molar-refractivity contribution in [2.75, 3.05) is 0 Å². The Labute approximate surface area is 113 Å². The van der Waals surface area contributed by atoms with Gasteiger partial charge in [-0.25, -0.2) is 4.39 Å². The van der Waals surface area contributed by atoms with E-state index in [1.54, 1.807) is 11.3 Å². The highest BCUT2D eigenvalue weighted by Crippen LogP contribution is 2.21. The van der Waals surface area contributed by atoms with E-state index >= 15 is 0 Å². The van der Waals surface area contributed by atoms with Gasteiger partial charge in [-0.05, 0) is 36.4 Å². The van der Waals surface area contributed by atoms with E-state index in [1.165, 1.54) is 12.1 Å². The monoisotopic (exact) mass is 278 g/mol. The van der Waals surface area contributed by atoms with Gasteiger partial charge in [0, 0.05) is 16.7 Å². The van der Waals surface area contributed by atoms with E-state index in [0.717, 1.165) is 27.3 Å². The summed E-state index contributed by atoms with van der Waals surface area (Å²) in [6, 6.07) is 12.4. The van der Waals surface area contributed by atoms with E-state index in [-0.39, 0.29) is 5.82 Å². The predicted octanol–water partition coefficient (Wildman–Crippen LogP) is 4.03. The van der Waals surface area contributed by atoms with Gasteiger partial charge in [0.05, 0.1) is 0 Å². The third-order valence-electron chi connectivity index (χ3n) is 2.80. The molecule has 18 heavy (non-hydrogen) atoms. The molecule has 0 radical (unpaired) electrons. The standard InChI is InChI=1S/C14H10ClFNS/c15-11-3-6-13-14(7-11)18-9-17(13)8-10-1-4-12(16)5-2-10/h1-7,9H,8H2/q+1. The highest BCUT2D eigenvalue weighted by Gasteiger charge is 2.12. The van der Waals surface area contributed by atoms with Crippen LogP contribution < -0.4 is 4.57 Å². The largest absolute Gasteiger partial charge is 0.226 e. The van der Waals surface area contributed by atoms with Crippen LogP contribution in [-0.2, 0) is 6.54 Å². The topological polar surface area (TPSA) is 3.88 Å². The average Bonchev–Trinajstić information content (AvgIpc) is 2.74. The molecule has 0 amide bonds. The van der Waals surface area contributed by atoms with Gasteiger partial charge in [-0.2, -0.15) is 4.57 Å². The van der Waals surface area contributed by atoms with E-state index in [9.17, 15) is 4.39 Å². The Morgan fingerprint density at radius 2 is 1.89 bits per heavy atom. The molecule has 0 aliphatic rings. The number of thiazole rings is 1. The molecular weight excluding hydrogens is 269 g/mol. The van der Waals surface area contributed by atoms with Crippen LogP contribution in [0, 0.1) is 5.82 Å². The molecule has 0 fully saturated rings. The third kappa shape index (κ3) is 2.24. The fraction of sp³-hybridized carbons (Fsp3) is 0.0714. The van der Waals surface area contributed by atoms with Crippen LogP contribution in [-0.4, -0.2) is 0 Å². The average molecular weight is 279 g/mol. The van der Waals surface area contributed by atoms with Gasteiger partial charge >= 0.3 is 0 Å². The van der Waals surface area contributed by atoms with Crippen LogP contribution in [0.1, 0.15) is 5.56 Å². The summed E-state index contributed by atoms with van der Waals surface area (Å²) in [6.45, 7) is 0.738. The van der Waals surface area contributed by atoms with Gasteiger partial charge in [0.1, 0.15) is 10.5 Å². The maximum atomic E-state index is 12.8. The SMILES string of the molecule is Fc1ccc(C[n+]2csc3cc(Cl)ccc32)cc1. The first-order valence-corrected chi connectivity index (χ1v) is 6.79. The Hall–Kier alpha value is -1.45. The molecule has 3 rings (SSSR count). The Balaban J connectivity index is 1.97. The number of rotatable bonds is 2. The molecule has 1 heterocycles. The summed E-state index contributed by atoms with van der Waals surface area (Å²) in [5.41, 5.74) is 4.29. The molecular formula is C14H10ClFNS+. The zero-order chi connectivity index (χ0) is 12.5. The minimum absolute atomic E-state index is 0.203. The molecule has 3 aromatic rings. The smallest absolute Gasteiger partial charge is 0.207 e. The number of aromatic nitrogens is 1. The number of nitrogens with zero attached hydrogens (tertiary/aromatic N) is 1. The van der Waals surface area contributed by atoms with Crippen molar-refractivity contribution in [3.8, 4) is 0 Å². The molecule has 1 aromatic heterocycles. The van der Waals surface area contributed by atoms with Crippen molar-refractivity contribution < 1.29 is 8.96 Å². The molecule has 0 aliphatic heterocycles. The summed E-state index contributed by atoms with van der Waals surface area (Å²) in [5.74, 6) is -0.203. The summed E-state index contributed by atoms with van der Waals surface area (Å²) >= 11 is 7.62. The van der Waals surface area contributed by atoms with Gasteiger partial charge in [-0.1, -0.05) is 22.9 Å². The molecule has 0 bridgehead atoms. The quantitative estimate of drug-likeness (QED) is 0.623. The summed E-state index contributed by atoms with van der Waals surface area (Å²) < 4.78 is 16.1. The Bertz CT molecular complexity index is 691. The number of benzene rings is 2. The normalized spacial score (nSPS) is 11.0. The maximum Gasteiger partial charge on any atom is 0.226 e. The molecule has 0 spiro atoms. The zero-order valence-corrected chi connectivity index (χ0v) is 11.0. The number of halogens is 2. The molecule has 4 heteroatoms. The first-order chi connectivity index (χ1) is 8.72. The van der Waals surface area contributed by atoms with Crippen molar-refractivity contribution in [3.05, 3.63) is 64.4 Å². The molecule has 0 saturated carbocycles. The third-order valence-corrected chi connectivity index (χ3v) is 3.98. The predicted molar refractivity (Wildman–Crippen MR) is 72.5 cm³/mol. The second-order valence-corrected chi connectivity index (χ2v) is 5.41. The molecule has 0 N–H and O–H groups in total. The molecule has 0 unspecified atom stereocenters. The molecule has 0 saturated heterocycles. The lowest BCUT2D eigenvalue weighted by atomic mass is 10.2. The van der Waals surface area contributed by atoms with Crippen molar-refractivity contribution in [2.24, 2.45) is 0 Å². The highest BCUT2D eigenvalue weighted by molar-refractivity contribution is 7.16. The molecule has 90 valence electrons. The van der Waals surface area contributed by atoms with E-state index in [2.05, 4.69) is 10.1 Å². The highest BCUT2D eigenvalue weighted by atomic mass is 35.5. The number of hydrogen-bond donors (Lipinski definition) is 0. The molecule has 0 atom stereocenters. The van der Waals surface area contributed by atoms with Gasteiger partial charge < -0.3 is 0 Å². The van der Waals surface area contributed by atoms with Crippen molar-refractivity contribution >= 4 is 33.2 Å². The van der Waals surface area contributed by atoms with Gasteiger partial charge in [-0.3, -0.25) is 0 Å². The summed E-state index contributed by atoms with van der Waals surface area (Å²) in [4.78, 5) is 0. The van der Waals surface area contributed by atoms with Crippen LogP contribution in [0.5, 0.6) is 0 Å². The first kappa shape index (κ1) is 11.6. The van der Waals surface area contributed by atoms with Crippen molar-refractivity contribution in [3.63, 3.8) is 0 Å². The van der Waals surface area contributed by atoms with Crippen LogP contribution in [0.2, 0.25) is 5.02 Å². The van der Waals surface area contributed by atoms with Crippen LogP contribution >= 0.6 is 22.9 Å². The molecule has 2 aromatic carbocycles. The van der Waals surface area contributed by atoms with Gasteiger partial charge in [0.2, 0.25) is 11.0 Å². The fourth-order valence-corrected chi connectivity index (χ4v) is 3.07. The van der Waals surface area contributed by atoms with E-state index in [0.29, 0.717) is 0 Å². The minimum Gasteiger partial charge on any atom is -0.207 e. The van der Waals surface area contributed by atoms with Crippen LogP contribution in [0.4, 0.5) is 4.39 Å². The fourth-order valence-electron chi connectivity index (χ4n) is 1.91.